The first-order valence-corrected chi connectivity index (χ1v) is 11.0. The lowest BCUT2D eigenvalue weighted by atomic mass is 10.1. The minimum absolute atomic E-state index is 0.117. The van der Waals surface area contributed by atoms with Gasteiger partial charge in [0.15, 0.2) is 0 Å². The van der Waals surface area contributed by atoms with Crippen LogP contribution < -0.4 is 10.0 Å². The second-order valence-electron chi connectivity index (χ2n) is 6.84. The fourth-order valence-corrected chi connectivity index (χ4v) is 4.02. The molecular weight excluding hydrogens is 390 g/mol. The van der Waals surface area contributed by atoms with E-state index in [4.69, 9.17) is 5.26 Å². The molecule has 0 fully saturated rings. The van der Waals surface area contributed by atoms with Gasteiger partial charge in [-0.05, 0) is 44.9 Å². The van der Waals surface area contributed by atoms with Gasteiger partial charge in [-0.2, -0.15) is 10.4 Å². The van der Waals surface area contributed by atoms with Crippen LogP contribution in [0, 0.1) is 32.1 Å². The monoisotopic (exact) mass is 417 g/mol. The van der Waals surface area contributed by atoms with Crippen LogP contribution in [0.1, 0.15) is 35.4 Å². The van der Waals surface area contributed by atoms with Crippen molar-refractivity contribution in [1.29, 1.82) is 5.26 Å². The number of aromatic nitrogens is 2. The zero-order chi connectivity index (χ0) is 21.4. The fraction of sp³-hybridized carbons (Fsp3) is 0.450. The summed E-state index contributed by atoms with van der Waals surface area (Å²) in [5, 5.41) is 15.9. The molecule has 0 spiro atoms. The predicted octanol–water partition coefficient (Wildman–Crippen LogP) is 1.75. The Balaban J connectivity index is 1.77. The van der Waals surface area contributed by atoms with E-state index in [-0.39, 0.29) is 30.3 Å². The Morgan fingerprint density at radius 2 is 1.86 bits per heavy atom. The quantitative estimate of drug-likeness (QED) is 0.571. The molecule has 29 heavy (non-hydrogen) atoms. The summed E-state index contributed by atoms with van der Waals surface area (Å²) in [5.74, 6) is -0.150. The maximum atomic E-state index is 12.2. The van der Waals surface area contributed by atoms with E-state index in [1.54, 1.807) is 28.9 Å². The van der Waals surface area contributed by atoms with Gasteiger partial charge in [0.05, 0.1) is 29.6 Å². The molecule has 2 N–H and O–H groups in total. The molecule has 0 bridgehead atoms. The highest BCUT2D eigenvalue weighted by molar-refractivity contribution is 7.89. The van der Waals surface area contributed by atoms with Crippen molar-refractivity contribution >= 4 is 15.9 Å². The highest BCUT2D eigenvalue weighted by Gasteiger charge is 2.14. The maximum Gasteiger partial charge on any atom is 0.240 e. The molecule has 9 heteroatoms. The predicted molar refractivity (Wildman–Crippen MR) is 110 cm³/mol. The number of benzene rings is 1. The maximum absolute atomic E-state index is 12.2. The zero-order valence-electron chi connectivity index (χ0n) is 17.0. The Morgan fingerprint density at radius 1 is 1.17 bits per heavy atom. The summed E-state index contributed by atoms with van der Waals surface area (Å²) in [6.07, 6.45) is 1.22. The number of rotatable bonds is 10. The second kappa shape index (κ2) is 10.2. The molecule has 0 saturated carbocycles. The van der Waals surface area contributed by atoms with Crippen LogP contribution in [-0.2, 0) is 27.8 Å². The highest BCUT2D eigenvalue weighted by atomic mass is 32.2. The molecule has 1 amide bonds. The van der Waals surface area contributed by atoms with Gasteiger partial charge >= 0.3 is 0 Å². The smallest absolute Gasteiger partial charge is 0.240 e. The Kier molecular flexibility index (Phi) is 7.93. The standard InChI is InChI=1S/C20H27N5O3S/c1-15-5-7-18(8-6-15)29(27,28)23-13-12-22-20(26)10-9-19-16(2)24-25(17(19)3)14-4-11-21/h5-8,23H,4,9-10,12-14H2,1-3H3,(H,22,26). The molecule has 1 aromatic carbocycles. The molecule has 0 radical (unpaired) electrons. The van der Waals surface area contributed by atoms with Crippen LogP contribution >= 0.6 is 0 Å². The Hall–Kier alpha value is -2.70. The van der Waals surface area contributed by atoms with Crippen LogP contribution in [0.4, 0.5) is 0 Å². The normalized spacial score (nSPS) is 11.2. The van der Waals surface area contributed by atoms with Crippen molar-refractivity contribution in [1.82, 2.24) is 19.8 Å². The summed E-state index contributed by atoms with van der Waals surface area (Å²) in [5.41, 5.74) is 3.82. The molecule has 1 heterocycles. The van der Waals surface area contributed by atoms with Gasteiger partial charge in [0.25, 0.3) is 0 Å². The molecule has 2 rings (SSSR count). The van der Waals surface area contributed by atoms with E-state index in [2.05, 4.69) is 21.2 Å². The van der Waals surface area contributed by atoms with E-state index >= 15 is 0 Å². The summed E-state index contributed by atoms with van der Waals surface area (Å²) in [6, 6.07) is 8.68. The van der Waals surface area contributed by atoms with Crippen molar-refractivity contribution in [3.8, 4) is 6.07 Å². The molecule has 0 aliphatic rings. The summed E-state index contributed by atoms with van der Waals surface area (Å²) in [6.45, 7) is 6.58. The molecule has 0 atom stereocenters. The number of carbonyl (C=O) groups is 1. The Labute approximate surface area is 172 Å². The van der Waals surface area contributed by atoms with Crippen LogP contribution in [0.25, 0.3) is 0 Å². The number of hydrogen-bond acceptors (Lipinski definition) is 5. The summed E-state index contributed by atoms with van der Waals surface area (Å²) >= 11 is 0. The van der Waals surface area contributed by atoms with Gasteiger partial charge in [0.1, 0.15) is 0 Å². The Bertz CT molecular complexity index is 988. The van der Waals surface area contributed by atoms with Gasteiger partial charge in [-0.1, -0.05) is 17.7 Å². The van der Waals surface area contributed by atoms with Crippen molar-refractivity contribution in [3.05, 3.63) is 46.8 Å². The summed E-state index contributed by atoms with van der Waals surface area (Å²) in [4.78, 5) is 12.3. The van der Waals surface area contributed by atoms with Crippen LogP contribution in [0.3, 0.4) is 0 Å². The number of sulfonamides is 1. The molecule has 8 nitrogen and oxygen atoms in total. The first-order chi connectivity index (χ1) is 13.7. The van der Waals surface area contributed by atoms with Gasteiger partial charge in [0, 0.05) is 25.2 Å². The van der Waals surface area contributed by atoms with Gasteiger partial charge in [-0.15, -0.1) is 0 Å². The third kappa shape index (κ3) is 6.41. The van der Waals surface area contributed by atoms with Gasteiger partial charge in [-0.3, -0.25) is 9.48 Å². The minimum atomic E-state index is -3.58. The van der Waals surface area contributed by atoms with Gasteiger partial charge < -0.3 is 5.32 Å². The van der Waals surface area contributed by atoms with Crippen molar-refractivity contribution in [2.45, 2.75) is 51.5 Å². The van der Waals surface area contributed by atoms with E-state index < -0.39 is 10.0 Å². The lowest BCUT2D eigenvalue weighted by Crippen LogP contribution is -2.34. The van der Waals surface area contributed by atoms with Crippen LogP contribution in [0.2, 0.25) is 0 Å². The number of nitrogens with one attached hydrogen (secondary N) is 2. The van der Waals surface area contributed by atoms with Gasteiger partial charge in [0.2, 0.25) is 15.9 Å². The largest absolute Gasteiger partial charge is 0.355 e. The molecule has 156 valence electrons. The van der Waals surface area contributed by atoms with Crippen LogP contribution in [0.5, 0.6) is 0 Å². The fourth-order valence-electron chi connectivity index (χ4n) is 2.98. The second-order valence-corrected chi connectivity index (χ2v) is 8.61. The van der Waals surface area contributed by atoms with Crippen molar-refractivity contribution in [2.75, 3.05) is 13.1 Å². The van der Waals surface area contributed by atoms with Crippen LogP contribution in [-0.4, -0.2) is 37.2 Å². The van der Waals surface area contributed by atoms with E-state index in [1.165, 1.54) is 0 Å². The molecule has 0 aliphatic carbocycles. The third-order valence-corrected chi connectivity index (χ3v) is 6.12. The average Bonchev–Trinajstić information content (AvgIpc) is 2.95. The number of hydrogen-bond donors (Lipinski definition) is 2. The Morgan fingerprint density at radius 3 is 2.52 bits per heavy atom. The van der Waals surface area contributed by atoms with Crippen molar-refractivity contribution in [3.63, 3.8) is 0 Å². The lowest BCUT2D eigenvalue weighted by molar-refractivity contribution is -0.121. The first-order valence-electron chi connectivity index (χ1n) is 9.47. The molecule has 0 unspecified atom stereocenters. The zero-order valence-corrected chi connectivity index (χ0v) is 17.8. The number of nitrogens with zero attached hydrogens (tertiary/aromatic N) is 3. The summed E-state index contributed by atoms with van der Waals surface area (Å²) < 4.78 is 28.7. The number of amides is 1. The molecule has 1 aromatic heterocycles. The average molecular weight is 418 g/mol. The number of nitriles is 1. The molecule has 2 aromatic rings. The molecule has 0 saturated heterocycles. The van der Waals surface area contributed by atoms with Gasteiger partial charge in [-0.25, -0.2) is 13.1 Å². The number of carbonyl (C=O) groups excluding carboxylic acids is 1. The highest BCUT2D eigenvalue weighted by Crippen LogP contribution is 2.15. The SMILES string of the molecule is Cc1ccc(S(=O)(=O)NCCNC(=O)CCc2c(C)nn(CCC#N)c2C)cc1. The van der Waals surface area contributed by atoms with E-state index in [9.17, 15) is 13.2 Å². The van der Waals surface area contributed by atoms with Crippen LogP contribution in [0.15, 0.2) is 29.2 Å². The molecule has 0 aliphatic heterocycles. The minimum Gasteiger partial charge on any atom is -0.355 e. The van der Waals surface area contributed by atoms with E-state index in [1.807, 2.05) is 20.8 Å². The molecular formula is C20H27N5O3S. The lowest BCUT2D eigenvalue weighted by Gasteiger charge is -2.09. The van der Waals surface area contributed by atoms with E-state index in [0.29, 0.717) is 19.4 Å². The third-order valence-electron chi connectivity index (χ3n) is 4.64. The summed E-state index contributed by atoms with van der Waals surface area (Å²) in [7, 11) is -3.58. The number of aryl methyl sites for hydroxylation is 3. The topological polar surface area (TPSA) is 117 Å². The van der Waals surface area contributed by atoms with Crippen molar-refractivity contribution in [2.24, 2.45) is 0 Å². The first kappa shape index (κ1) is 22.6. The van der Waals surface area contributed by atoms with E-state index in [0.717, 1.165) is 22.5 Å². The van der Waals surface area contributed by atoms with Crippen molar-refractivity contribution < 1.29 is 13.2 Å².